The SMILES string of the molecule is [N-]=[N+]=NC(=O)c1cccc[n+]1[O-]. The minimum Gasteiger partial charge on any atom is -0.618 e. The molecule has 0 aliphatic rings. The molecular weight excluding hydrogens is 160 g/mol. The van der Waals surface area contributed by atoms with Crippen molar-refractivity contribution >= 4 is 5.91 Å². The van der Waals surface area contributed by atoms with Crippen molar-refractivity contribution in [1.82, 2.24) is 0 Å². The van der Waals surface area contributed by atoms with E-state index in [0.29, 0.717) is 4.73 Å². The summed E-state index contributed by atoms with van der Waals surface area (Å²) in [6.07, 6.45) is 1.15. The molecule has 6 nitrogen and oxygen atoms in total. The zero-order valence-electron chi connectivity index (χ0n) is 5.91. The number of carbonyl (C=O) groups is 1. The van der Waals surface area contributed by atoms with E-state index in [4.69, 9.17) is 5.53 Å². The quantitative estimate of drug-likeness (QED) is 0.201. The summed E-state index contributed by atoms with van der Waals surface area (Å²) < 4.78 is 0.344. The molecule has 0 aliphatic carbocycles. The van der Waals surface area contributed by atoms with E-state index in [-0.39, 0.29) is 5.69 Å². The van der Waals surface area contributed by atoms with E-state index in [2.05, 4.69) is 10.0 Å². The zero-order chi connectivity index (χ0) is 8.97. The van der Waals surface area contributed by atoms with Gasteiger partial charge in [-0.3, -0.25) is 4.79 Å². The Hall–Kier alpha value is -2.07. The number of pyridine rings is 1. The van der Waals surface area contributed by atoms with Gasteiger partial charge in [0.1, 0.15) is 0 Å². The van der Waals surface area contributed by atoms with Gasteiger partial charge in [0, 0.05) is 17.0 Å². The van der Waals surface area contributed by atoms with Crippen LogP contribution in [0.1, 0.15) is 10.5 Å². The first-order chi connectivity index (χ1) is 5.75. The summed E-state index contributed by atoms with van der Waals surface area (Å²) in [5.41, 5.74) is 7.73. The van der Waals surface area contributed by atoms with Crippen molar-refractivity contribution in [3.63, 3.8) is 0 Å². The monoisotopic (exact) mass is 164 g/mol. The molecule has 1 aromatic heterocycles. The van der Waals surface area contributed by atoms with Crippen molar-refractivity contribution in [3.8, 4) is 0 Å². The number of hydrogen-bond donors (Lipinski definition) is 0. The van der Waals surface area contributed by atoms with Crippen molar-refractivity contribution in [1.29, 1.82) is 0 Å². The Balaban J connectivity index is 3.11. The highest BCUT2D eigenvalue weighted by Crippen LogP contribution is 1.93. The molecule has 0 aromatic carbocycles. The maximum atomic E-state index is 10.8. The molecule has 0 bridgehead atoms. The molecule has 0 saturated carbocycles. The predicted octanol–water partition coefficient (Wildman–Crippen LogP) is 0.770. The molecule has 1 rings (SSSR count). The Morgan fingerprint density at radius 1 is 1.67 bits per heavy atom. The predicted molar refractivity (Wildman–Crippen MR) is 38.9 cm³/mol. The number of hydrogen-bond acceptors (Lipinski definition) is 2. The fraction of sp³-hybridized carbons (Fsp3) is 0. The van der Waals surface area contributed by atoms with Gasteiger partial charge in [-0.15, -0.1) is 0 Å². The second-order valence-corrected chi connectivity index (χ2v) is 1.91. The Morgan fingerprint density at radius 3 is 3.00 bits per heavy atom. The third-order valence-corrected chi connectivity index (χ3v) is 1.18. The molecule has 60 valence electrons. The molecule has 12 heavy (non-hydrogen) atoms. The van der Waals surface area contributed by atoms with Gasteiger partial charge in [-0.25, -0.2) is 0 Å². The minimum atomic E-state index is -0.881. The molecule has 0 radical (unpaired) electrons. The largest absolute Gasteiger partial charge is 0.618 e. The highest BCUT2D eigenvalue weighted by molar-refractivity contribution is 5.91. The van der Waals surface area contributed by atoms with Crippen LogP contribution in [0, 0.1) is 5.21 Å². The molecule has 0 spiro atoms. The van der Waals surface area contributed by atoms with Crippen molar-refractivity contribution in [2.24, 2.45) is 5.11 Å². The second-order valence-electron chi connectivity index (χ2n) is 1.91. The van der Waals surface area contributed by atoms with E-state index in [1.165, 1.54) is 18.2 Å². The Kier molecular flexibility index (Phi) is 2.25. The van der Waals surface area contributed by atoms with Gasteiger partial charge in [-0.05, 0) is 16.7 Å². The lowest BCUT2D eigenvalue weighted by Crippen LogP contribution is -2.32. The average molecular weight is 164 g/mol. The first-order valence-electron chi connectivity index (χ1n) is 3.03. The molecule has 6 heteroatoms. The van der Waals surface area contributed by atoms with Crippen LogP contribution in [0.25, 0.3) is 10.4 Å². The smallest absolute Gasteiger partial charge is 0.314 e. The van der Waals surface area contributed by atoms with Gasteiger partial charge >= 0.3 is 5.91 Å². The van der Waals surface area contributed by atoms with Gasteiger partial charge in [0.25, 0.3) is 5.69 Å². The van der Waals surface area contributed by atoms with E-state index in [0.717, 1.165) is 6.20 Å². The minimum absolute atomic E-state index is 0.185. The van der Waals surface area contributed by atoms with Crippen LogP contribution in [0.4, 0.5) is 0 Å². The van der Waals surface area contributed by atoms with Crippen LogP contribution in [-0.2, 0) is 0 Å². The Morgan fingerprint density at radius 2 is 2.42 bits per heavy atom. The van der Waals surface area contributed by atoms with Gasteiger partial charge in [0.15, 0.2) is 6.20 Å². The summed E-state index contributed by atoms with van der Waals surface area (Å²) in [5, 5.41) is 13.6. The van der Waals surface area contributed by atoms with E-state index >= 15 is 0 Å². The summed E-state index contributed by atoms with van der Waals surface area (Å²) in [7, 11) is 0. The molecule has 0 atom stereocenters. The number of azide groups is 1. The lowest BCUT2D eigenvalue weighted by molar-refractivity contribution is -0.607. The van der Waals surface area contributed by atoms with Gasteiger partial charge in [-0.1, -0.05) is 0 Å². The van der Waals surface area contributed by atoms with Crippen LogP contribution in [-0.4, -0.2) is 5.91 Å². The van der Waals surface area contributed by atoms with Crippen LogP contribution in [0.5, 0.6) is 0 Å². The highest BCUT2D eigenvalue weighted by atomic mass is 16.5. The molecule has 0 aliphatic heterocycles. The summed E-state index contributed by atoms with van der Waals surface area (Å²) >= 11 is 0. The number of nitrogens with zero attached hydrogens (tertiary/aromatic N) is 4. The number of amides is 1. The molecule has 0 unspecified atom stereocenters. The first-order valence-corrected chi connectivity index (χ1v) is 3.03. The van der Waals surface area contributed by atoms with Crippen LogP contribution in [0.3, 0.4) is 0 Å². The molecule has 0 fully saturated rings. The zero-order valence-corrected chi connectivity index (χ0v) is 5.91. The summed E-state index contributed by atoms with van der Waals surface area (Å²) in [5.74, 6) is -0.881. The maximum Gasteiger partial charge on any atom is 0.314 e. The maximum absolute atomic E-state index is 10.8. The van der Waals surface area contributed by atoms with Crippen molar-refractivity contribution in [2.75, 3.05) is 0 Å². The van der Waals surface area contributed by atoms with Gasteiger partial charge in [0.05, 0.1) is 0 Å². The fourth-order valence-corrected chi connectivity index (χ4v) is 0.686. The lowest BCUT2D eigenvalue weighted by Gasteiger charge is -1.97. The van der Waals surface area contributed by atoms with E-state index in [9.17, 15) is 10.0 Å². The molecular formula is C6H4N4O2. The lowest BCUT2D eigenvalue weighted by atomic mass is 10.3. The second kappa shape index (κ2) is 3.36. The van der Waals surface area contributed by atoms with E-state index in [1.54, 1.807) is 0 Å². The van der Waals surface area contributed by atoms with Crippen LogP contribution in [0.2, 0.25) is 0 Å². The summed E-state index contributed by atoms with van der Waals surface area (Å²) in [4.78, 5) is 13.1. The highest BCUT2D eigenvalue weighted by Gasteiger charge is 2.11. The summed E-state index contributed by atoms with van der Waals surface area (Å²) in [6, 6.07) is 4.26. The Bertz CT molecular complexity index is 356. The third-order valence-electron chi connectivity index (χ3n) is 1.18. The number of aromatic nitrogens is 1. The van der Waals surface area contributed by atoms with Crippen molar-refractivity contribution < 1.29 is 9.52 Å². The van der Waals surface area contributed by atoms with Crippen LogP contribution in [0.15, 0.2) is 29.5 Å². The van der Waals surface area contributed by atoms with E-state index in [1.807, 2.05) is 0 Å². The van der Waals surface area contributed by atoms with Gasteiger partial charge in [-0.2, -0.15) is 4.73 Å². The topological polar surface area (TPSA) is 92.8 Å². The normalized spacial score (nSPS) is 8.67. The number of rotatable bonds is 1. The molecule has 0 saturated heterocycles. The first kappa shape index (κ1) is 8.03. The van der Waals surface area contributed by atoms with Crippen LogP contribution < -0.4 is 4.73 Å². The van der Waals surface area contributed by atoms with Gasteiger partial charge < -0.3 is 5.21 Å². The third kappa shape index (κ3) is 1.50. The average Bonchev–Trinajstić information content (AvgIpc) is 2.05. The van der Waals surface area contributed by atoms with Gasteiger partial charge in [0.2, 0.25) is 0 Å². The van der Waals surface area contributed by atoms with Crippen molar-refractivity contribution in [3.05, 3.63) is 45.7 Å². The molecule has 0 N–H and O–H groups in total. The van der Waals surface area contributed by atoms with E-state index < -0.39 is 5.91 Å². The standard InChI is InChI=1S/C6H4N4O2/c7-9-8-6(11)5-3-1-2-4-10(5)12/h1-4H. The van der Waals surface area contributed by atoms with Crippen molar-refractivity contribution in [2.45, 2.75) is 0 Å². The Labute approximate surface area is 67.3 Å². The fourth-order valence-electron chi connectivity index (χ4n) is 0.686. The summed E-state index contributed by atoms with van der Waals surface area (Å²) in [6.45, 7) is 0. The molecule has 1 amide bonds. The molecule has 1 heterocycles. The van der Waals surface area contributed by atoms with Crippen LogP contribution >= 0.6 is 0 Å². The molecule has 1 aromatic rings. The number of carbonyl (C=O) groups excluding carboxylic acids is 1.